The number of nitrogens with zero attached hydrogens (tertiary/aromatic N) is 2. The molecular weight excluding hydrogens is 318 g/mol. The van der Waals surface area contributed by atoms with Gasteiger partial charge in [0.2, 0.25) is 5.91 Å². The highest BCUT2D eigenvalue weighted by molar-refractivity contribution is 5.76. The minimum absolute atomic E-state index is 0.0330. The molecule has 6 nitrogen and oxygen atoms in total. The van der Waals surface area contributed by atoms with Gasteiger partial charge >= 0.3 is 5.76 Å². The van der Waals surface area contributed by atoms with Crippen LogP contribution in [0.25, 0.3) is 11.1 Å². The number of benzene rings is 1. The van der Waals surface area contributed by atoms with Gasteiger partial charge in [0.1, 0.15) is 0 Å². The molecule has 1 aliphatic heterocycles. The summed E-state index contributed by atoms with van der Waals surface area (Å²) in [7, 11) is 0. The fourth-order valence-corrected chi connectivity index (χ4v) is 3.39. The summed E-state index contributed by atoms with van der Waals surface area (Å²) in [6, 6.07) is 7.61. The second-order valence-corrected chi connectivity index (χ2v) is 7.11. The smallest absolute Gasteiger partial charge is 0.408 e. The molecule has 1 saturated heterocycles. The van der Waals surface area contributed by atoms with E-state index in [-0.39, 0.29) is 12.3 Å². The first-order valence-electron chi connectivity index (χ1n) is 9.13. The van der Waals surface area contributed by atoms with Crippen molar-refractivity contribution in [2.45, 2.75) is 45.7 Å². The Kier molecular flexibility index (Phi) is 5.58. The quantitative estimate of drug-likeness (QED) is 0.872. The Balaban J connectivity index is 1.48. The number of hydrogen-bond acceptors (Lipinski definition) is 4. The molecule has 1 aliphatic rings. The normalized spacial score (nSPS) is 17.7. The zero-order valence-electron chi connectivity index (χ0n) is 15.0. The molecule has 0 bridgehead atoms. The first kappa shape index (κ1) is 17.7. The van der Waals surface area contributed by atoms with Crippen LogP contribution < -0.4 is 11.1 Å². The number of likely N-dealkylation sites (tertiary alicyclic amines) is 1. The fourth-order valence-electron chi connectivity index (χ4n) is 3.39. The molecule has 25 heavy (non-hydrogen) atoms. The monoisotopic (exact) mass is 345 g/mol. The minimum Gasteiger partial charge on any atom is -0.408 e. The fraction of sp³-hybridized carbons (Fsp3) is 0.579. The highest BCUT2D eigenvalue weighted by Gasteiger charge is 2.20. The number of nitrogens with one attached hydrogen (secondary N) is 1. The Morgan fingerprint density at radius 3 is 2.80 bits per heavy atom. The topological polar surface area (TPSA) is 67.5 Å². The van der Waals surface area contributed by atoms with Gasteiger partial charge in [0.25, 0.3) is 0 Å². The van der Waals surface area contributed by atoms with E-state index < -0.39 is 5.76 Å². The molecule has 1 unspecified atom stereocenters. The molecule has 1 amide bonds. The zero-order valence-corrected chi connectivity index (χ0v) is 15.0. The lowest BCUT2D eigenvalue weighted by Crippen LogP contribution is -2.45. The van der Waals surface area contributed by atoms with Crippen molar-refractivity contribution in [3.05, 3.63) is 34.8 Å². The number of para-hydroxylation sites is 2. The van der Waals surface area contributed by atoms with Gasteiger partial charge in [-0.15, -0.1) is 0 Å². The van der Waals surface area contributed by atoms with E-state index in [1.807, 2.05) is 18.2 Å². The molecule has 6 heteroatoms. The van der Waals surface area contributed by atoms with Crippen molar-refractivity contribution in [3.63, 3.8) is 0 Å². The van der Waals surface area contributed by atoms with Gasteiger partial charge in [0.15, 0.2) is 5.58 Å². The number of amides is 1. The van der Waals surface area contributed by atoms with Gasteiger partial charge in [-0.25, -0.2) is 4.79 Å². The lowest BCUT2D eigenvalue weighted by Gasteiger charge is -2.35. The summed E-state index contributed by atoms with van der Waals surface area (Å²) in [6.45, 7) is 7.64. The first-order valence-corrected chi connectivity index (χ1v) is 9.13. The van der Waals surface area contributed by atoms with Gasteiger partial charge in [-0.1, -0.05) is 19.1 Å². The summed E-state index contributed by atoms with van der Waals surface area (Å²) in [6.07, 6.45) is 2.73. The third-order valence-electron chi connectivity index (χ3n) is 5.17. The molecule has 1 fully saturated rings. The maximum absolute atomic E-state index is 12.1. The molecule has 3 rings (SSSR count). The SMILES string of the molecule is CC1CCN(C(C)CNC(=O)CCn2c(=O)oc3ccccc32)CC1. The van der Waals surface area contributed by atoms with E-state index in [4.69, 9.17) is 4.42 Å². The van der Waals surface area contributed by atoms with Crippen molar-refractivity contribution in [1.29, 1.82) is 0 Å². The van der Waals surface area contributed by atoms with Crippen molar-refractivity contribution in [2.75, 3.05) is 19.6 Å². The third kappa shape index (κ3) is 4.31. The average Bonchev–Trinajstić information content (AvgIpc) is 2.93. The molecule has 1 aromatic heterocycles. The van der Waals surface area contributed by atoms with Crippen molar-refractivity contribution in [3.8, 4) is 0 Å². The number of piperidine rings is 1. The number of rotatable bonds is 6. The van der Waals surface area contributed by atoms with Crippen LogP contribution in [0, 0.1) is 5.92 Å². The van der Waals surface area contributed by atoms with Gasteiger partial charge in [-0.05, 0) is 50.9 Å². The molecule has 136 valence electrons. The van der Waals surface area contributed by atoms with E-state index in [0.29, 0.717) is 24.7 Å². The molecule has 2 heterocycles. The highest BCUT2D eigenvalue weighted by atomic mass is 16.4. The Hall–Kier alpha value is -2.08. The van der Waals surface area contributed by atoms with Crippen LogP contribution in [0.4, 0.5) is 0 Å². The number of aromatic nitrogens is 1. The summed E-state index contributed by atoms with van der Waals surface area (Å²) in [5, 5.41) is 2.99. The van der Waals surface area contributed by atoms with Crippen LogP contribution in [0.15, 0.2) is 33.5 Å². The highest BCUT2D eigenvalue weighted by Crippen LogP contribution is 2.17. The summed E-state index contributed by atoms with van der Waals surface area (Å²) in [4.78, 5) is 26.5. The molecule has 1 aromatic carbocycles. The number of hydrogen-bond donors (Lipinski definition) is 1. The van der Waals surface area contributed by atoms with E-state index in [2.05, 4.69) is 24.1 Å². The van der Waals surface area contributed by atoms with Crippen LogP contribution in [-0.4, -0.2) is 41.1 Å². The molecule has 1 N–H and O–H groups in total. The van der Waals surface area contributed by atoms with Crippen molar-refractivity contribution in [1.82, 2.24) is 14.8 Å². The second kappa shape index (κ2) is 7.87. The molecule has 2 aromatic rings. The predicted octanol–water partition coefficient (Wildman–Crippen LogP) is 2.22. The molecule has 0 aliphatic carbocycles. The summed E-state index contributed by atoms with van der Waals surface area (Å²) < 4.78 is 6.70. The number of oxazole rings is 1. The Labute approximate surface area is 147 Å². The van der Waals surface area contributed by atoms with Crippen molar-refractivity contribution < 1.29 is 9.21 Å². The lowest BCUT2D eigenvalue weighted by molar-refractivity contribution is -0.121. The van der Waals surface area contributed by atoms with E-state index in [9.17, 15) is 9.59 Å². The molecule has 0 spiro atoms. The van der Waals surface area contributed by atoms with Crippen LogP contribution in [0.1, 0.15) is 33.1 Å². The van der Waals surface area contributed by atoms with E-state index in [1.54, 1.807) is 6.07 Å². The van der Waals surface area contributed by atoms with E-state index in [0.717, 1.165) is 24.5 Å². The van der Waals surface area contributed by atoms with Gasteiger partial charge in [0.05, 0.1) is 5.52 Å². The van der Waals surface area contributed by atoms with E-state index >= 15 is 0 Å². The van der Waals surface area contributed by atoms with Crippen LogP contribution >= 0.6 is 0 Å². The number of aryl methyl sites for hydroxylation is 1. The summed E-state index contributed by atoms with van der Waals surface area (Å²) >= 11 is 0. The maximum Gasteiger partial charge on any atom is 0.419 e. The van der Waals surface area contributed by atoms with Crippen LogP contribution in [-0.2, 0) is 11.3 Å². The Bertz CT molecular complexity index is 772. The van der Waals surface area contributed by atoms with Crippen LogP contribution in [0.3, 0.4) is 0 Å². The summed E-state index contributed by atoms with van der Waals surface area (Å²) in [5.41, 5.74) is 1.29. The predicted molar refractivity (Wildman–Crippen MR) is 97.5 cm³/mol. The third-order valence-corrected chi connectivity index (χ3v) is 5.17. The zero-order chi connectivity index (χ0) is 17.8. The lowest BCUT2D eigenvalue weighted by atomic mass is 9.98. The number of fused-ring (bicyclic) bond motifs is 1. The van der Waals surface area contributed by atoms with Crippen LogP contribution in [0.5, 0.6) is 0 Å². The van der Waals surface area contributed by atoms with Crippen molar-refractivity contribution in [2.24, 2.45) is 5.92 Å². The van der Waals surface area contributed by atoms with Crippen molar-refractivity contribution >= 4 is 17.0 Å². The largest absolute Gasteiger partial charge is 0.419 e. The Morgan fingerprint density at radius 1 is 1.32 bits per heavy atom. The number of carbonyl (C=O) groups excluding carboxylic acids is 1. The average molecular weight is 345 g/mol. The van der Waals surface area contributed by atoms with E-state index in [1.165, 1.54) is 17.4 Å². The molecular formula is C19H27N3O3. The number of carbonyl (C=O) groups is 1. The summed E-state index contributed by atoms with van der Waals surface area (Å²) in [5.74, 6) is 0.361. The molecule has 1 atom stereocenters. The van der Waals surface area contributed by atoms with Crippen LogP contribution in [0.2, 0.25) is 0 Å². The second-order valence-electron chi connectivity index (χ2n) is 7.11. The van der Waals surface area contributed by atoms with Gasteiger partial charge in [-0.3, -0.25) is 14.3 Å². The van der Waals surface area contributed by atoms with Gasteiger partial charge in [-0.2, -0.15) is 0 Å². The standard InChI is InChI=1S/C19H27N3O3/c1-14-7-10-21(11-8-14)15(2)13-20-18(23)9-12-22-16-5-3-4-6-17(16)25-19(22)24/h3-6,14-15H,7-13H2,1-2H3,(H,20,23). The Morgan fingerprint density at radius 2 is 2.04 bits per heavy atom. The van der Waals surface area contributed by atoms with Gasteiger partial charge in [0, 0.05) is 25.6 Å². The molecule has 0 saturated carbocycles. The van der Waals surface area contributed by atoms with Gasteiger partial charge < -0.3 is 9.73 Å². The molecule has 0 radical (unpaired) electrons. The first-order chi connectivity index (χ1) is 12.0. The maximum atomic E-state index is 12.1. The minimum atomic E-state index is -0.412.